The Morgan fingerprint density at radius 3 is 2.44 bits per heavy atom. The van der Waals surface area contributed by atoms with Gasteiger partial charge in [-0.05, 0) is 73.8 Å². The summed E-state index contributed by atoms with van der Waals surface area (Å²) >= 11 is 18.5. The first-order valence-electron chi connectivity index (χ1n) is 7.29. The van der Waals surface area contributed by atoms with Crippen LogP contribution < -0.4 is 10.1 Å². The molecule has 2 aromatic carbocycles. The number of carbonyl (C=O) groups excluding carboxylic acids is 1. The first-order chi connectivity index (χ1) is 12.8. The molecule has 0 heterocycles. The Labute approximate surface area is 183 Å². The van der Waals surface area contributed by atoms with Crippen LogP contribution in [0, 0.1) is 23.7 Å². The number of amides is 1. The van der Waals surface area contributed by atoms with Gasteiger partial charge in [0.15, 0.2) is 0 Å². The van der Waals surface area contributed by atoms with Crippen molar-refractivity contribution in [2.45, 2.75) is 0 Å². The minimum absolute atomic E-state index is 0.0860. The molecule has 4 nitrogen and oxygen atoms in total. The summed E-state index contributed by atoms with van der Waals surface area (Å²) in [6.07, 6.45) is 6.64. The Hall–Kier alpha value is -1.96. The highest BCUT2D eigenvalue weighted by atomic mass is 79.9. The Bertz CT molecular complexity index is 985. The second kappa shape index (κ2) is 9.82. The van der Waals surface area contributed by atoms with Gasteiger partial charge in [0.1, 0.15) is 24.0 Å². The van der Waals surface area contributed by atoms with Gasteiger partial charge in [-0.3, -0.25) is 4.79 Å². The number of nitrogens with zero attached hydrogens (tertiary/aromatic N) is 1. The van der Waals surface area contributed by atoms with E-state index in [0.717, 1.165) is 0 Å². The fraction of sp³-hybridized carbons (Fsp3) is 0.0526. The third-order valence-electron chi connectivity index (χ3n) is 3.17. The second-order valence-corrected chi connectivity index (χ2v) is 7.58. The summed E-state index contributed by atoms with van der Waals surface area (Å²) in [6.45, 7) is 0.113. The second-order valence-electron chi connectivity index (χ2n) is 5.06. The number of ether oxygens (including phenoxy) is 1. The molecule has 0 radical (unpaired) electrons. The van der Waals surface area contributed by atoms with Crippen molar-refractivity contribution in [2.75, 3.05) is 11.9 Å². The van der Waals surface area contributed by atoms with Crippen molar-refractivity contribution in [3.05, 3.63) is 60.5 Å². The summed E-state index contributed by atoms with van der Waals surface area (Å²) in [5, 5.41) is 12.6. The fourth-order valence-electron chi connectivity index (χ4n) is 2.00. The highest BCUT2D eigenvalue weighted by Crippen LogP contribution is 2.35. The van der Waals surface area contributed by atoms with Crippen molar-refractivity contribution in [3.63, 3.8) is 0 Å². The van der Waals surface area contributed by atoms with Crippen LogP contribution in [0.15, 0.2) is 44.9 Å². The molecule has 8 heteroatoms. The van der Waals surface area contributed by atoms with E-state index in [-0.39, 0.29) is 12.2 Å². The molecule has 2 aromatic rings. The van der Waals surface area contributed by atoms with E-state index >= 15 is 0 Å². The molecule has 1 N–H and O–H groups in total. The van der Waals surface area contributed by atoms with E-state index in [1.54, 1.807) is 24.3 Å². The van der Waals surface area contributed by atoms with Crippen molar-refractivity contribution < 1.29 is 9.53 Å². The Morgan fingerprint density at radius 1 is 1.22 bits per heavy atom. The number of hydrogen-bond donors (Lipinski definition) is 1. The number of halogens is 4. The van der Waals surface area contributed by atoms with E-state index in [2.05, 4.69) is 43.1 Å². The minimum atomic E-state index is -0.573. The predicted molar refractivity (Wildman–Crippen MR) is 115 cm³/mol. The van der Waals surface area contributed by atoms with Gasteiger partial charge in [0, 0.05) is 5.69 Å². The first kappa shape index (κ1) is 21.3. The number of benzene rings is 2. The Kier molecular flexibility index (Phi) is 7.77. The Morgan fingerprint density at radius 2 is 1.89 bits per heavy atom. The molecule has 0 atom stereocenters. The number of rotatable bonds is 5. The van der Waals surface area contributed by atoms with Gasteiger partial charge in [-0.1, -0.05) is 29.1 Å². The van der Waals surface area contributed by atoms with Crippen molar-refractivity contribution in [2.24, 2.45) is 0 Å². The minimum Gasteiger partial charge on any atom is -0.479 e. The molecule has 0 aromatic heterocycles. The fourth-order valence-corrected chi connectivity index (χ4v) is 3.75. The lowest BCUT2D eigenvalue weighted by Gasteiger charge is -2.09. The molecule has 136 valence electrons. The van der Waals surface area contributed by atoms with Crippen LogP contribution in [0.1, 0.15) is 5.56 Å². The van der Waals surface area contributed by atoms with E-state index in [1.807, 2.05) is 6.07 Å². The molecule has 0 spiro atoms. The third kappa shape index (κ3) is 5.76. The number of nitrogens with one attached hydrogen (secondary N) is 1. The monoisotopic (exact) mass is 526 g/mol. The molecule has 0 aliphatic carbocycles. The van der Waals surface area contributed by atoms with Gasteiger partial charge in [0.05, 0.1) is 19.0 Å². The summed E-state index contributed by atoms with van der Waals surface area (Å²) < 4.78 is 6.68. The van der Waals surface area contributed by atoms with Gasteiger partial charge in [-0.15, -0.1) is 6.42 Å². The van der Waals surface area contributed by atoms with Crippen molar-refractivity contribution >= 4 is 72.7 Å². The van der Waals surface area contributed by atoms with Crippen molar-refractivity contribution in [1.82, 2.24) is 0 Å². The van der Waals surface area contributed by atoms with Crippen molar-refractivity contribution in [1.29, 1.82) is 5.26 Å². The van der Waals surface area contributed by atoms with Crippen molar-refractivity contribution in [3.8, 4) is 24.2 Å². The number of terminal acetylenes is 1. The average Bonchev–Trinajstić information content (AvgIpc) is 2.62. The highest BCUT2D eigenvalue weighted by molar-refractivity contribution is 9.11. The number of nitriles is 1. The lowest BCUT2D eigenvalue weighted by molar-refractivity contribution is -0.112. The molecule has 0 unspecified atom stereocenters. The topological polar surface area (TPSA) is 62.1 Å². The molecule has 0 aliphatic rings. The highest BCUT2D eigenvalue weighted by Gasteiger charge is 2.13. The maximum absolute atomic E-state index is 12.4. The molecule has 0 saturated carbocycles. The van der Waals surface area contributed by atoms with Crippen LogP contribution in [-0.2, 0) is 4.79 Å². The smallest absolute Gasteiger partial charge is 0.266 e. The molecule has 1 amide bonds. The van der Waals surface area contributed by atoms with E-state index < -0.39 is 5.91 Å². The standard InChI is InChI=1S/C19H10Br2Cl2N2O2/c1-2-5-27-18-14(20)7-11(8-15(18)21)6-12(10-24)19(26)25-13-3-4-16(22)17(23)9-13/h1,3-4,6-9H,5H2,(H,25,26)/b12-6+. The SMILES string of the molecule is C#CCOc1c(Br)cc(/C=C(\C#N)C(=O)Nc2ccc(Cl)c(Cl)c2)cc1Br. The summed E-state index contributed by atoms with van der Waals surface area (Å²) in [4.78, 5) is 12.4. The number of carbonyl (C=O) groups is 1. The van der Waals surface area contributed by atoms with E-state index in [9.17, 15) is 10.1 Å². The molecule has 0 saturated heterocycles. The zero-order valence-corrected chi connectivity index (χ0v) is 18.2. The summed E-state index contributed by atoms with van der Waals surface area (Å²) in [5.41, 5.74) is 0.954. The number of hydrogen-bond acceptors (Lipinski definition) is 3. The van der Waals surface area contributed by atoms with Gasteiger partial charge in [0.2, 0.25) is 0 Å². The van der Waals surface area contributed by atoms with Gasteiger partial charge in [0.25, 0.3) is 5.91 Å². The van der Waals surface area contributed by atoms with E-state index in [1.165, 1.54) is 12.1 Å². The lowest BCUT2D eigenvalue weighted by Crippen LogP contribution is -2.13. The van der Waals surface area contributed by atoms with Gasteiger partial charge < -0.3 is 10.1 Å². The third-order valence-corrected chi connectivity index (χ3v) is 5.09. The van der Waals surface area contributed by atoms with Crippen LogP contribution >= 0.6 is 55.1 Å². The normalized spacial score (nSPS) is 10.7. The zero-order chi connectivity index (χ0) is 20.0. The average molecular weight is 529 g/mol. The predicted octanol–water partition coefficient (Wildman–Crippen LogP) is 6.08. The quantitative estimate of drug-likeness (QED) is 0.291. The molecule has 0 bridgehead atoms. The van der Waals surface area contributed by atoms with Crippen LogP contribution in [0.25, 0.3) is 6.08 Å². The van der Waals surface area contributed by atoms with E-state index in [4.69, 9.17) is 34.4 Å². The molecule has 27 heavy (non-hydrogen) atoms. The Balaban J connectivity index is 2.27. The van der Waals surface area contributed by atoms with Crippen LogP contribution in [0.3, 0.4) is 0 Å². The molecule has 2 rings (SSSR count). The molecular weight excluding hydrogens is 519 g/mol. The van der Waals surface area contributed by atoms with Gasteiger partial charge >= 0.3 is 0 Å². The first-order valence-corrected chi connectivity index (χ1v) is 9.63. The molecule has 0 aliphatic heterocycles. The number of anilines is 1. The summed E-state index contributed by atoms with van der Waals surface area (Å²) in [6, 6.07) is 9.95. The van der Waals surface area contributed by atoms with Crippen LogP contribution in [-0.4, -0.2) is 12.5 Å². The largest absolute Gasteiger partial charge is 0.479 e. The van der Waals surface area contributed by atoms with Crippen LogP contribution in [0.5, 0.6) is 5.75 Å². The maximum Gasteiger partial charge on any atom is 0.266 e. The van der Waals surface area contributed by atoms with E-state index in [0.29, 0.717) is 36.0 Å². The lowest BCUT2D eigenvalue weighted by atomic mass is 10.1. The summed E-state index contributed by atoms with van der Waals surface area (Å²) in [7, 11) is 0. The molecule has 0 fully saturated rings. The maximum atomic E-state index is 12.4. The zero-order valence-electron chi connectivity index (χ0n) is 13.5. The van der Waals surface area contributed by atoms with Gasteiger partial charge in [-0.2, -0.15) is 5.26 Å². The summed E-state index contributed by atoms with van der Waals surface area (Å²) in [5.74, 6) is 2.34. The molecular formula is C19H10Br2Cl2N2O2. The van der Waals surface area contributed by atoms with Crippen LogP contribution in [0.2, 0.25) is 10.0 Å². The van der Waals surface area contributed by atoms with Gasteiger partial charge in [-0.25, -0.2) is 0 Å². The van der Waals surface area contributed by atoms with Crippen LogP contribution in [0.4, 0.5) is 5.69 Å².